The highest BCUT2D eigenvalue weighted by Crippen LogP contribution is 2.69. The fourth-order valence-corrected chi connectivity index (χ4v) is 34.7. The monoisotopic (exact) mass is 1980 g/mol. The molecular formula is C115H136O29. The number of fused-ring (bicyclic) bond motifs is 30. The van der Waals surface area contributed by atoms with Crippen molar-refractivity contribution in [2.45, 2.75) is 168 Å². The van der Waals surface area contributed by atoms with Crippen LogP contribution in [0.2, 0.25) is 0 Å². The van der Waals surface area contributed by atoms with Crippen LogP contribution in [0.25, 0.3) is 0 Å². The van der Waals surface area contributed by atoms with Crippen molar-refractivity contribution in [1.29, 1.82) is 0 Å². The fraction of sp³-hybridized carbons (Fsp3) is 0.661. The fourth-order valence-electron chi connectivity index (χ4n) is 34.7. The Labute approximate surface area is 839 Å². The zero-order valence-electron chi connectivity index (χ0n) is 83.0. The van der Waals surface area contributed by atoms with Crippen molar-refractivity contribution in [3.05, 3.63) is 142 Å². The summed E-state index contributed by atoms with van der Waals surface area (Å²) < 4.78 is 81.3. The molecule has 0 amide bonds. The van der Waals surface area contributed by atoms with Gasteiger partial charge in [0.1, 0.15) is 0 Å². The van der Waals surface area contributed by atoms with E-state index >= 15 is 0 Å². The van der Waals surface area contributed by atoms with Gasteiger partial charge in [-0.3, -0.25) is 4.79 Å². The second kappa shape index (κ2) is 41.1. The molecule has 12 bridgehead atoms. The summed E-state index contributed by atoms with van der Waals surface area (Å²) in [6, 6.07) is 10.9. The predicted molar refractivity (Wildman–Crippen MR) is 510 cm³/mol. The molecule has 0 aliphatic heterocycles. The number of esters is 14. The van der Waals surface area contributed by atoms with Gasteiger partial charge in [0.25, 0.3) is 0 Å². The number of methoxy groups -OCH3 is 2. The van der Waals surface area contributed by atoms with Gasteiger partial charge in [-0.1, -0.05) is 19.7 Å². The van der Waals surface area contributed by atoms with E-state index in [0.29, 0.717) is 144 Å². The number of rotatable bonds is 38. The molecular weight excluding hydrogens is 1850 g/mol. The van der Waals surface area contributed by atoms with E-state index in [1.54, 1.807) is 6.92 Å². The number of carbonyl (C=O) groups is 15. The van der Waals surface area contributed by atoms with Crippen LogP contribution < -0.4 is 0 Å². The van der Waals surface area contributed by atoms with E-state index in [2.05, 4.69) is 19.7 Å². The van der Waals surface area contributed by atoms with E-state index in [4.69, 9.17) is 66.3 Å². The van der Waals surface area contributed by atoms with Gasteiger partial charge in [-0.25, -0.2) is 67.1 Å². The molecule has 0 N–H and O–H groups in total. The Morgan fingerprint density at radius 1 is 0.236 bits per heavy atom. The van der Waals surface area contributed by atoms with Gasteiger partial charge in [-0.15, -0.1) is 0 Å². The van der Waals surface area contributed by atoms with Crippen molar-refractivity contribution in [1.82, 2.24) is 0 Å². The van der Waals surface area contributed by atoms with Gasteiger partial charge in [0.15, 0.2) is 0 Å². The van der Waals surface area contributed by atoms with Crippen LogP contribution in [0.5, 0.6) is 0 Å². The van der Waals surface area contributed by atoms with Crippen LogP contribution in [0.4, 0.5) is 0 Å². The van der Waals surface area contributed by atoms with Crippen LogP contribution in [0.3, 0.4) is 0 Å². The maximum Gasteiger partial charge on any atom is 0.374 e. The Kier molecular flexibility index (Phi) is 28.3. The number of ketones is 1. The SMILES string of the molecule is C=CC(=O)OCC1CC2C3CC(COC(=O)c4ccc(C(=O)OCC5CC6C7CC(COC(=O)c8cc(C(=O)OC)c(C(=O)OC)cc8C(=O)OCC8CC9CC8C8CC(COC(=O)c%10ccc(C(=O)OCC%11CC%12CC%11C%11CC(COC(=O)C(C)=O)CC%12%11)c(C(=O)OCC%11CC%12CC%11C%11CC(COC(=O)C=C)CC%12%11)c%10)CC98)C(C7)C6C5)cc4C(=O)OCC4CC5CC4C4CC(COC(=O)C(=C)C)CC54)C(C3)C2C1. The van der Waals surface area contributed by atoms with E-state index in [1.165, 1.54) is 55.5 Å². The van der Waals surface area contributed by atoms with Crippen molar-refractivity contribution in [2.24, 2.45) is 213 Å². The van der Waals surface area contributed by atoms with E-state index in [0.717, 1.165) is 180 Å². The first-order valence-corrected chi connectivity index (χ1v) is 53.6. The number of Topliss-reactive ketones (excluding diaryl/α,β-unsaturated/α-hetero) is 1. The molecule has 0 aromatic heterocycles. The summed E-state index contributed by atoms with van der Waals surface area (Å²) in [4.78, 5) is 203. The molecule has 18 fully saturated rings. The van der Waals surface area contributed by atoms with Gasteiger partial charge in [0.2, 0.25) is 5.78 Å². The Hall–Kier alpha value is -10.9. The summed E-state index contributed by atoms with van der Waals surface area (Å²) in [7, 11) is 2.26. The Balaban J connectivity index is 0.430. The van der Waals surface area contributed by atoms with Gasteiger partial charge in [-0.2, -0.15) is 0 Å². The molecule has 36 atom stereocenters. The Morgan fingerprint density at radius 3 is 0.694 bits per heavy atom. The van der Waals surface area contributed by atoms with E-state index < -0.39 is 83.4 Å². The van der Waals surface area contributed by atoms with Crippen molar-refractivity contribution in [3.8, 4) is 0 Å². The normalized spacial score (nSPS) is 36.9. The van der Waals surface area contributed by atoms with Crippen molar-refractivity contribution < 1.29 is 138 Å². The topological polar surface area (TPSA) is 385 Å². The predicted octanol–water partition coefficient (Wildman–Crippen LogP) is 16.4. The number of benzene rings is 3. The first-order chi connectivity index (χ1) is 69.5. The lowest BCUT2D eigenvalue weighted by Crippen LogP contribution is -2.29. The van der Waals surface area contributed by atoms with Crippen molar-refractivity contribution in [3.63, 3.8) is 0 Å². The van der Waals surface area contributed by atoms with E-state index in [1.807, 2.05) is 0 Å². The van der Waals surface area contributed by atoms with Crippen molar-refractivity contribution in [2.75, 3.05) is 93.5 Å². The third-order valence-corrected chi connectivity index (χ3v) is 40.3. The lowest BCUT2D eigenvalue weighted by atomic mass is 9.76. The molecule has 0 spiro atoms. The molecule has 3 aromatic carbocycles. The minimum atomic E-state index is -0.954. The van der Waals surface area contributed by atoms with Crippen molar-refractivity contribution >= 4 is 89.4 Å². The van der Waals surface area contributed by atoms with Gasteiger partial charge < -0.3 is 66.3 Å². The summed E-state index contributed by atoms with van der Waals surface area (Å²) in [5, 5.41) is 0. The third-order valence-electron chi connectivity index (χ3n) is 40.3. The largest absolute Gasteiger partial charge is 0.465 e. The lowest BCUT2D eigenvalue weighted by molar-refractivity contribution is -0.154. The lowest BCUT2D eigenvalue weighted by Gasteiger charge is -2.31. The second-order valence-electron chi connectivity index (χ2n) is 47.4. The maximum absolute atomic E-state index is 14.7. The van der Waals surface area contributed by atoms with E-state index in [9.17, 15) is 71.9 Å². The van der Waals surface area contributed by atoms with Crippen LogP contribution in [0, 0.1) is 213 Å². The zero-order valence-corrected chi connectivity index (χ0v) is 83.0. The molecule has 29 heteroatoms. The van der Waals surface area contributed by atoms with Gasteiger partial charge in [0, 0.05) is 24.6 Å². The summed E-state index contributed by atoms with van der Waals surface area (Å²) in [6.07, 6.45) is 24.2. The van der Waals surface area contributed by atoms with Crippen LogP contribution in [-0.4, -0.2) is 183 Å². The summed E-state index contributed by atoms with van der Waals surface area (Å²) in [5.74, 6) is -0.268. The standard InChI is InChI=1S/C115H136O29/c1-8-102(117)133-42-56-14-78-64-26-70(84(34-64)90(78)20-56)48-139-110(125)76-12-10-63(33-97(76)113(128)142-51-73-29-67-37-87(73)92-22-58(16-80(67)92)44-135-104(119)54(3)4)107(122)138-47-61-19-83-69-31-75(89(39-69)95(83)25-61)53-144-115(130)101-41-99(109(124)132-7)98(108(123)131-6)40-100(101)114(129)143-52-74-30-68-38-88(74)94-24-60(18-82(68)94)46-137-106(121)62-11-13-77(111(126)140-49-71-27-66-36-85(71)93-23-59(17-81(66)93)45-136-105(120)55(5)116)96(32-62)112(127)141-50-72-28-65-35-86(72)91-21-57(15-79(65)91)43-134-103(118)9-2/h8-13,32-33,40-41,56-61,64-75,78-95H,1-3,14-31,34-39,42-53H2,4-7H3. The highest BCUT2D eigenvalue weighted by atomic mass is 16.6. The average molecular weight is 1980 g/mol. The summed E-state index contributed by atoms with van der Waals surface area (Å²) in [6.45, 7) is 15.8. The third kappa shape index (κ3) is 19.3. The number of ether oxygens (including phenoxy) is 14. The second-order valence-corrected chi connectivity index (χ2v) is 47.4. The molecule has 0 heterocycles. The number of hydrogen-bond donors (Lipinski definition) is 0. The first kappa shape index (κ1) is 99.1. The first-order valence-electron chi connectivity index (χ1n) is 53.6. The number of hydrogen-bond acceptors (Lipinski definition) is 29. The highest BCUT2D eigenvalue weighted by Gasteiger charge is 2.63. The molecule has 21 rings (SSSR count). The zero-order chi connectivity index (χ0) is 100. The molecule has 29 nitrogen and oxygen atoms in total. The quantitative estimate of drug-likeness (QED) is 0.0222. The molecule has 18 aliphatic rings. The Bertz CT molecular complexity index is 5570. The highest BCUT2D eigenvalue weighted by molar-refractivity contribution is 6.32. The van der Waals surface area contributed by atoms with E-state index in [-0.39, 0.29) is 216 Å². The van der Waals surface area contributed by atoms with Crippen LogP contribution in [0.15, 0.2) is 86.0 Å². The summed E-state index contributed by atoms with van der Waals surface area (Å²) in [5.41, 5.74) is -0.842. The Morgan fingerprint density at radius 2 is 0.451 bits per heavy atom. The number of carbonyl (C=O) groups excluding carboxylic acids is 15. The van der Waals surface area contributed by atoms with Crippen LogP contribution in [-0.2, 0) is 90.3 Å². The average Bonchev–Trinajstić information content (AvgIpc) is 1.61. The molecule has 144 heavy (non-hydrogen) atoms. The molecule has 18 aliphatic carbocycles. The molecule has 0 saturated heterocycles. The minimum absolute atomic E-state index is 0.000343. The molecule has 3 aromatic rings. The molecule has 0 radical (unpaired) electrons. The summed E-state index contributed by atoms with van der Waals surface area (Å²) >= 11 is 0. The van der Waals surface area contributed by atoms with Crippen LogP contribution in [0.1, 0.15) is 272 Å². The van der Waals surface area contributed by atoms with Crippen LogP contribution >= 0.6 is 0 Å². The smallest absolute Gasteiger partial charge is 0.374 e. The molecule has 18 saturated carbocycles. The van der Waals surface area contributed by atoms with Gasteiger partial charge >= 0.3 is 83.6 Å². The van der Waals surface area contributed by atoms with Gasteiger partial charge in [-0.05, 0) is 423 Å². The molecule has 36 unspecified atom stereocenters. The molecule has 770 valence electrons. The maximum atomic E-state index is 14.7. The van der Waals surface area contributed by atoms with Gasteiger partial charge in [0.05, 0.1) is 149 Å². The minimum Gasteiger partial charge on any atom is -0.465 e.